The third-order valence-electron chi connectivity index (χ3n) is 3.07. The van der Waals surface area contributed by atoms with Crippen molar-refractivity contribution in [3.8, 4) is 0 Å². The molecule has 0 amide bonds. The minimum absolute atomic E-state index is 0.636. The number of anilines is 1. The third kappa shape index (κ3) is 3.53. The first-order chi connectivity index (χ1) is 8.15. The molecule has 0 spiro atoms. The van der Waals surface area contributed by atoms with Gasteiger partial charge in [0.1, 0.15) is 4.64 Å². The van der Waals surface area contributed by atoms with Crippen LogP contribution in [0.2, 0.25) is 0 Å². The van der Waals surface area contributed by atoms with Gasteiger partial charge >= 0.3 is 0 Å². The van der Waals surface area contributed by atoms with E-state index in [-0.39, 0.29) is 0 Å². The lowest BCUT2D eigenvalue weighted by molar-refractivity contribution is 0.564. The molecule has 1 N–H and O–H groups in total. The Morgan fingerprint density at radius 3 is 2.71 bits per heavy atom. The maximum absolute atomic E-state index is 5.25. The van der Waals surface area contributed by atoms with Gasteiger partial charge in [-0.05, 0) is 37.7 Å². The summed E-state index contributed by atoms with van der Waals surface area (Å²) in [7, 11) is 0. The van der Waals surface area contributed by atoms with E-state index in [2.05, 4.69) is 28.7 Å². The van der Waals surface area contributed by atoms with E-state index >= 15 is 0 Å². The lowest BCUT2D eigenvalue weighted by Gasteiger charge is -2.27. The second-order valence-electron chi connectivity index (χ2n) is 5.21. The van der Waals surface area contributed by atoms with Crippen molar-refractivity contribution < 1.29 is 0 Å². The van der Waals surface area contributed by atoms with Crippen LogP contribution in [-0.2, 0) is 6.42 Å². The number of piperidine rings is 1. The summed E-state index contributed by atoms with van der Waals surface area (Å²) in [4.78, 5) is 10.2. The molecule has 2 rings (SSSR count). The van der Waals surface area contributed by atoms with Gasteiger partial charge < -0.3 is 9.88 Å². The maximum Gasteiger partial charge on any atom is 0.204 e. The minimum Gasteiger partial charge on any atom is -0.342 e. The molecule has 1 saturated heterocycles. The van der Waals surface area contributed by atoms with Crippen LogP contribution < -0.4 is 4.90 Å². The molecule has 1 aromatic rings. The summed E-state index contributed by atoms with van der Waals surface area (Å²) in [5, 5.41) is 0. The standard InChI is InChI=1S/C13H21N3S/c1-10(2)8-11-9-12(17)15-13(14-11)16-6-4-3-5-7-16/h9-10H,3-8H2,1-2H3,(H,14,15,17). The Labute approximate surface area is 108 Å². The van der Waals surface area contributed by atoms with Crippen molar-refractivity contribution in [1.29, 1.82) is 0 Å². The van der Waals surface area contributed by atoms with Gasteiger partial charge in [-0.3, -0.25) is 0 Å². The molecular formula is C13H21N3S. The predicted molar refractivity (Wildman–Crippen MR) is 74.0 cm³/mol. The molecule has 2 heterocycles. The highest BCUT2D eigenvalue weighted by Gasteiger charge is 2.13. The Morgan fingerprint density at radius 1 is 1.35 bits per heavy atom. The summed E-state index contributed by atoms with van der Waals surface area (Å²) >= 11 is 5.25. The van der Waals surface area contributed by atoms with E-state index in [1.807, 2.05) is 6.07 Å². The summed E-state index contributed by atoms with van der Waals surface area (Å²) < 4.78 is 0.708. The van der Waals surface area contributed by atoms with Crippen molar-refractivity contribution in [3.63, 3.8) is 0 Å². The largest absolute Gasteiger partial charge is 0.342 e. The Bertz CT molecular complexity index is 419. The van der Waals surface area contributed by atoms with Crippen molar-refractivity contribution in [2.75, 3.05) is 18.0 Å². The molecule has 1 aliphatic rings. The molecule has 0 unspecified atom stereocenters. The van der Waals surface area contributed by atoms with Crippen molar-refractivity contribution >= 4 is 18.2 Å². The van der Waals surface area contributed by atoms with Gasteiger partial charge in [-0.25, -0.2) is 4.98 Å². The molecule has 0 aliphatic carbocycles. The zero-order chi connectivity index (χ0) is 12.3. The van der Waals surface area contributed by atoms with Gasteiger partial charge in [0.2, 0.25) is 5.95 Å². The quantitative estimate of drug-likeness (QED) is 0.836. The normalized spacial score (nSPS) is 16.5. The van der Waals surface area contributed by atoms with Crippen LogP contribution >= 0.6 is 12.2 Å². The fourth-order valence-corrected chi connectivity index (χ4v) is 2.53. The molecule has 1 fully saturated rings. The molecule has 4 heteroatoms. The zero-order valence-corrected chi connectivity index (χ0v) is 11.5. The summed E-state index contributed by atoms with van der Waals surface area (Å²) in [6.07, 6.45) is 4.89. The van der Waals surface area contributed by atoms with Gasteiger partial charge in [-0.15, -0.1) is 0 Å². The van der Waals surface area contributed by atoms with E-state index in [0.29, 0.717) is 10.6 Å². The number of aromatic nitrogens is 2. The van der Waals surface area contributed by atoms with Crippen molar-refractivity contribution in [1.82, 2.24) is 9.97 Å². The number of rotatable bonds is 3. The highest BCUT2D eigenvalue weighted by Crippen LogP contribution is 2.16. The van der Waals surface area contributed by atoms with Gasteiger partial charge in [0.05, 0.1) is 0 Å². The summed E-state index contributed by atoms with van der Waals surface area (Å²) in [5.41, 5.74) is 1.21. The van der Waals surface area contributed by atoms with Gasteiger partial charge in [0.25, 0.3) is 0 Å². The molecule has 0 aromatic carbocycles. The van der Waals surface area contributed by atoms with E-state index in [1.165, 1.54) is 25.0 Å². The number of hydrogen-bond donors (Lipinski definition) is 1. The molecule has 1 aromatic heterocycles. The molecule has 1 aliphatic heterocycles. The van der Waals surface area contributed by atoms with E-state index in [4.69, 9.17) is 12.2 Å². The van der Waals surface area contributed by atoms with Crippen molar-refractivity contribution in [2.45, 2.75) is 39.5 Å². The average molecular weight is 251 g/mol. The topological polar surface area (TPSA) is 31.9 Å². The molecule has 94 valence electrons. The van der Waals surface area contributed by atoms with Crippen molar-refractivity contribution in [3.05, 3.63) is 16.4 Å². The fourth-order valence-electron chi connectivity index (χ4n) is 2.30. The number of nitrogens with one attached hydrogen (secondary N) is 1. The van der Waals surface area contributed by atoms with E-state index in [0.717, 1.165) is 25.5 Å². The molecule has 0 bridgehead atoms. The third-order valence-corrected chi connectivity index (χ3v) is 3.28. The Hall–Kier alpha value is -0.900. The average Bonchev–Trinajstić information content (AvgIpc) is 2.28. The summed E-state index contributed by atoms with van der Waals surface area (Å²) in [6, 6.07) is 1.99. The SMILES string of the molecule is CC(C)Cc1cc(=S)nc(N2CCCCC2)[nH]1. The zero-order valence-electron chi connectivity index (χ0n) is 10.7. The van der Waals surface area contributed by atoms with Crippen LogP contribution in [-0.4, -0.2) is 23.1 Å². The molecule has 0 atom stereocenters. The van der Waals surface area contributed by atoms with Crippen LogP contribution in [0.25, 0.3) is 0 Å². The molecular weight excluding hydrogens is 230 g/mol. The first-order valence-corrected chi connectivity index (χ1v) is 6.91. The Balaban J connectivity index is 2.21. The van der Waals surface area contributed by atoms with Gasteiger partial charge in [-0.1, -0.05) is 26.1 Å². The first-order valence-electron chi connectivity index (χ1n) is 6.50. The highest BCUT2D eigenvalue weighted by molar-refractivity contribution is 7.71. The monoisotopic (exact) mass is 251 g/mol. The second-order valence-corrected chi connectivity index (χ2v) is 5.63. The highest BCUT2D eigenvalue weighted by atomic mass is 32.1. The van der Waals surface area contributed by atoms with Gasteiger partial charge in [-0.2, -0.15) is 0 Å². The molecule has 3 nitrogen and oxygen atoms in total. The minimum atomic E-state index is 0.636. The first kappa shape index (κ1) is 12.6. The van der Waals surface area contributed by atoms with E-state index in [9.17, 15) is 0 Å². The van der Waals surface area contributed by atoms with E-state index in [1.54, 1.807) is 0 Å². The Kier molecular flexibility index (Phi) is 4.15. The summed E-state index contributed by atoms with van der Waals surface area (Å²) in [5.74, 6) is 1.60. The van der Waals surface area contributed by atoms with Crippen LogP contribution in [0.3, 0.4) is 0 Å². The fraction of sp³-hybridized carbons (Fsp3) is 0.692. The van der Waals surface area contributed by atoms with Crippen LogP contribution in [0.4, 0.5) is 5.95 Å². The molecule has 0 radical (unpaired) electrons. The van der Waals surface area contributed by atoms with Gasteiger partial charge in [0, 0.05) is 18.8 Å². The predicted octanol–water partition coefficient (Wildman–Crippen LogP) is 3.33. The van der Waals surface area contributed by atoms with Crippen molar-refractivity contribution in [2.24, 2.45) is 5.92 Å². The number of aromatic amines is 1. The molecule has 0 saturated carbocycles. The number of H-pyrrole nitrogens is 1. The Morgan fingerprint density at radius 2 is 2.06 bits per heavy atom. The lowest BCUT2D eigenvalue weighted by atomic mass is 10.1. The van der Waals surface area contributed by atoms with Crippen LogP contribution in [0.1, 0.15) is 38.8 Å². The van der Waals surface area contributed by atoms with Crippen LogP contribution in [0.5, 0.6) is 0 Å². The summed E-state index contributed by atoms with van der Waals surface area (Å²) in [6.45, 7) is 6.64. The molecule has 17 heavy (non-hydrogen) atoms. The lowest BCUT2D eigenvalue weighted by Crippen LogP contribution is -2.31. The van der Waals surface area contributed by atoms with Crippen LogP contribution in [0, 0.1) is 10.6 Å². The maximum atomic E-state index is 5.25. The van der Waals surface area contributed by atoms with Crippen LogP contribution in [0.15, 0.2) is 6.07 Å². The second kappa shape index (κ2) is 5.63. The van der Waals surface area contributed by atoms with E-state index < -0.39 is 0 Å². The number of hydrogen-bond acceptors (Lipinski definition) is 3. The number of nitrogens with zero attached hydrogens (tertiary/aromatic N) is 2. The van der Waals surface area contributed by atoms with Gasteiger partial charge in [0.15, 0.2) is 0 Å². The smallest absolute Gasteiger partial charge is 0.204 e.